The molecule has 0 bridgehead atoms. The fraction of sp³-hybridized carbons (Fsp3) is 0.545. The molecule has 3 atom stereocenters. The van der Waals surface area contributed by atoms with Gasteiger partial charge in [0.1, 0.15) is 0 Å². The second kappa shape index (κ2) is 7.26. The molecule has 0 N–H and O–H groups in total. The number of nitrogens with zero attached hydrogens (tertiary/aromatic N) is 5. The maximum atomic E-state index is 9.78. The fourth-order valence-electron chi connectivity index (χ4n) is 4.62. The van der Waals surface area contributed by atoms with Crippen LogP contribution in [0.3, 0.4) is 0 Å². The number of hydrogen-bond acceptors (Lipinski definition) is 6. The van der Waals surface area contributed by atoms with Gasteiger partial charge in [-0.2, -0.15) is 21.0 Å². The van der Waals surface area contributed by atoms with E-state index in [1.165, 1.54) is 0 Å². The molecule has 6 heteroatoms. The molecule has 1 aromatic carbocycles. The molecule has 0 amide bonds. The summed E-state index contributed by atoms with van der Waals surface area (Å²) in [6, 6.07) is 17.9. The van der Waals surface area contributed by atoms with Crippen molar-refractivity contribution in [1.82, 2.24) is 4.90 Å². The van der Waals surface area contributed by atoms with Crippen molar-refractivity contribution in [1.29, 1.82) is 21.0 Å². The van der Waals surface area contributed by atoms with Gasteiger partial charge in [0.15, 0.2) is 10.8 Å². The summed E-state index contributed by atoms with van der Waals surface area (Å²) in [4.78, 5) is 2.11. The van der Waals surface area contributed by atoms with Crippen LogP contribution in [0, 0.1) is 62.1 Å². The van der Waals surface area contributed by atoms with Gasteiger partial charge in [0.25, 0.3) is 0 Å². The van der Waals surface area contributed by atoms with E-state index in [4.69, 9.17) is 4.74 Å². The molecular weight excluding hydrogens is 350 g/mol. The van der Waals surface area contributed by atoms with Crippen molar-refractivity contribution in [3.8, 4) is 24.3 Å². The maximum Gasteiger partial charge on any atom is 0.194 e. The van der Waals surface area contributed by atoms with Crippen LogP contribution in [0.2, 0.25) is 0 Å². The van der Waals surface area contributed by atoms with Gasteiger partial charge >= 0.3 is 0 Å². The smallest absolute Gasteiger partial charge is 0.194 e. The Labute approximate surface area is 166 Å². The number of ether oxygens (including phenoxy) is 1. The average molecular weight is 373 g/mol. The average Bonchev–Trinajstić information content (AvgIpc) is 3.44. The van der Waals surface area contributed by atoms with Gasteiger partial charge in [-0.1, -0.05) is 44.2 Å². The van der Waals surface area contributed by atoms with E-state index in [9.17, 15) is 21.0 Å². The van der Waals surface area contributed by atoms with Crippen LogP contribution in [0.15, 0.2) is 30.3 Å². The predicted molar refractivity (Wildman–Crippen MR) is 101 cm³/mol. The third-order valence-corrected chi connectivity index (χ3v) is 6.10. The van der Waals surface area contributed by atoms with Crippen molar-refractivity contribution in [2.45, 2.75) is 44.9 Å². The minimum atomic E-state index is -1.61. The third kappa shape index (κ3) is 2.75. The Morgan fingerprint density at radius 3 is 2.21 bits per heavy atom. The number of benzene rings is 1. The molecule has 0 aromatic heterocycles. The molecule has 28 heavy (non-hydrogen) atoms. The molecule has 2 fully saturated rings. The van der Waals surface area contributed by atoms with Crippen LogP contribution in [0.4, 0.5) is 0 Å². The molecule has 1 heterocycles. The summed E-state index contributed by atoms with van der Waals surface area (Å²) in [5, 5.41) is 38.6. The van der Waals surface area contributed by atoms with E-state index in [1.807, 2.05) is 54.6 Å². The van der Waals surface area contributed by atoms with Crippen LogP contribution in [0.5, 0.6) is 0 Å². The highest BCUT2D eigenvalue weighted by Gasteiger charge is 2.86. The highest BCUT2D eigenvalue weighted by molar-refractivity contribution is 5.53. The first-order valence-electron chi connectivity index (χ1n) is 9.47. The quantitative estimate of drug-likeness (QED) is 0.680. The Bertz CT molecular complexity index is 870. The second-order valence-electron chi connectivity index (χ2n) is 8.22. The Balaban J connectivity index is 1.75. The van der Waals surface area contributed by atoms with Crippen molar-refractivity contribution in [3.63, 3.8) is 0 Å². The summed E-state index contributed by atoms with van der Waals surface area (Å²) < 4.78 is 5.95. The van der Waals surface area contributed by atoms with Crippen molar-refractivity contribution in [2.75, 3.05) is 13.2 Å². The molecule has 142 valence electrons. The second-order valence-corrected chi connectivity index (χ2v) is 8.22. The van der Waals surface area contributed by atoms with Gasteiger partial charge in [-0.25, -0.2) is 0 Å². The van der Waals surface area contributed by atoms with Gasteiger partial charge in [0, 0.05) is 19.0 Å². The van der Waals surface area contributed by atoms with E-state index in [0.717, 1.165) is 12.0 Å². The van der Waals surface area contributed by atoms with Gasteiger partial charge in [-0.3, -0.25) is 4.90 Å². The third-order valence-electron chi connectivity index (χ3n) is 6.10. The molecule has 1 aromatic rings. The highest BCUT2D eigenvalue weighted by Crippen LogP contribution is 2.71. The summed E-state index contributed by atoms with van der Waals surface area (Å²) in [5.74, 6) is 0.415. The van der Waals surface area contributed by atoms with E-state index < -0.39 is 16.4 Å². The van der Waals surface area contributed by atoms with Crippen molar-refractivity contribution in [3.05, 3.63) is 35.9 Å². The van der Waals surface area contributed by atoms with Crippen molar-refractivity contribution in [2.24, 2.45) is 16.7 Å². The monoisotopic (exact) mass is 373 g/mol. The zero-order valence-electron chi connectivity index (χ0n) is 16.2. The first-order chi connectivity index (χ1) is 13.4. The summed E-state index contributed by atoms with van der Waals surface area (Å²) in [7, 11) is 0. The van der Waals surface area contributed by atoms with Crippen LogP contribution in [-0.4, -0.2) is 29.6 Å². The van der Waals surface area contributed by atoms with Gasteiger partial charge in [-0.15, -0.1) is 0 Å². The Kier molecular flexibility index (Phi) is 5.14. The van der Waals surface area contributed by atoms with Crippen molar-refractivity contribution >= 4 is 0 Å². The van der Waals surface area contributed by atoms with E-state index in [1.54, 1.807) is 0 Å². The molecule has 1 unspecified atom stereocenters. The van der Waals surface area contributed by atoms with Crippen molar-refractivity contribution < 1.29 is 4.74 Å². The summed E-state index contributed by atoms with van der Waals surface area (Å²) >= 11 is 0. The minimum absolute atomic E-state index is 0.0418. The Hall–Kier alpha value is -2.90. The standard InChI is InChI=1S/C22H23N5O/c1-17(2)8-19(10-28-9-18-6-4-3-5-7-18)27-16-22(27)11-20(12-23,13-24)21(22,14-25)15-26/h3-7,17,19H,8-11,16H2,1-2H3/t19-,22-,27?/m1/s1. The summed E-state index contributed by atoms with van der Waals surface area (Å²) in [6.45, 7) is 5.77. The molecular formula is C22H23N5O. The first kappa shape index (κ1) is 19.9. The lowest BCUT2D eigenvalue weighted by Crippen LogP contribution is -2.64. The number of rotatable bonds is 7. The van der Waals surface area contributed by atoms with Crippen LogP contribution < -0.4 is 0 Å². The number of nitriles is 4. The predicted octanol–water partition coefficient (Wildman–Crippen LogP) is 3.14. The Morgan fingerprint density at radius 2 is 1.68 bits per heavy atom. The van der Waals surface area contributed by atoms with E-state index in [0.29, 0.717) is 25.7 Å². The van der Waals surface area contributed by atoms with Crippen LogP contribution in [-0.2, 0) is 11.3 Å². The molecule has 1 aliphatic heterocycles. The lowest BCUT2D eigenvalue weighted by atomic mass is 9.44. The Morgan fingerprint density at radius 1 is 1.04 bits per heavy atom. The SMILES string of the molecule is CC(C)C[C@H](COCc1ccccc1)N1C[C@@]12CC(C#N)(C#N)C2(C#N)C#N. The van der Waals surface area contributed by atoms with Crippen LogP contribution in [0.1, 0.15) is 32.3 Å². The van der Waals surface area contributed by atoms with Crippen LogP contribution in [0.25, 0.3) is 0 Å². The lowest BCUT2D eigenvalue weighted by molar-refractivity contribution is -0.000756. The van der Waals surface area contributed by atoms with E-state index in [-0.39, 0.29) is 12.5 Å². The molecule has 1 spiro atoms. The zero-order valence-corrected chi connectivity index (χ0v) is 16.2. The highest BCUT2D eigenvalue weighted by atomic mass is 16.5. The normalized spacial score (nSPS) is 26.9. The molecule has 3 rings (SSSR count). The molecule has 2 aliphatic rings. The van der Waals surface area contributed by atoms with E-state index >= 15 is 0 Å². The van der Waals surface area contributed by atoms with Gasteiger partial charge < -0.3 is 4.74 Å². The van der Waals surface area contributed by atoms with Gasteiger partial charge in [0.2, 0.25) is 0 Å². The molecule has 0 radical (unpaired) electrons. The molecule has 6 nitrogen and oxygen atoms in total. The largest absolute Gasteiger partial charge is 0.375 e. The first-order valence-corrected chi connectivity index (χ1v) is 9.47. The van der Waals surface area contributed by atoms with Gasteiger partial charge in [-0.05, 0) is 17.9 Å². The molecule has 1 aliphatic carbocycles. The van der Waals surface area contributed by atoms with Gasteiger partial charge in [0.05, 0.1) is 43.0 Å². The zero-order chi connectivity index (χ0) is 20.4. The fourth-order valence-corrected chi connectivity index (χ4v) is 4.62. The molecule has 1 saturated heterocycles. The topological polar surface area (TPSA) is 107 Å². The number of hydrogen-bond donors (Lipinski definition) is 0. The minimum Gasteiger partial charge on any atom is -0.375 e. The molecule has 1 saturated carbocycles. The van der Waals surface area contributed by atoms with E-state index in [2.05, 4.69) is 18.7 Å². The lowest BCUT2D eigenvalue weighted by Gasteiger charge is -2.50. The maximum absolute atomic E-state index is 9.78. The van der Waals surface area contributed by atoms with Crippen LogP contribution >= 0.6 is 0 Å². The summed E-state index contributed by atoms with van der Waals surface area (Å²) in [6.07, 6.45) is 1.09. The summed E-state index contributed by atoms with van der Waals surface area (Å²) in [5.41, 5.74) is -2.79.